The van der Waals surface area contributed by atoms with Crippen molar-refractivity contribution in [1.29, 1.82) is 0 Å². The quantitative estimate of drug-likeness (QED) is 0.780. The van der Waals surface area contributed by atoms with E-state index in [0.717, 1.165) is 30.7 Å². The van der Waals surface area contributed by atoms with E-state index in [9.17, 15) is 14.0 Å². The van der Waals surface area contributed by atoms with Gasteiger partial charge in [0.25, 0.3) is 5.56 Å². The van der Waals surface area contributed by atoms with E-state index in [0.29, 0.717) is 24.5 Å². The van der Waals surface area contributed by atoms with Crippen molar-refractivity contribution in [3.63, 3.8) is 0 Å². The second kappa shape index (κ2) is 8.46. The van der Waals surface area contributed by atoms with Crippen LogP contribution < -0.4 is 10.9 Å². The molecule has 1 aliphatic rings. The number of hydrogen-bond donors (Lipinski definition) is 2. The Kier molecular flexibility index (Phi) is 6.04. The normalized spacial score (nSPS) is 15.4. The molecule has 1 fully saturated rings. The summed E-state index contributed by atoms with van der Waals surface area (Å²) >= 11 is 0. The molecular weight excluding hydrogens is 345 g/mol. The number of carbonyl (C=O) groups excluding carboxylic acids is 1. The van der Waals surface area contributed by atoms with Gasteiger partial charge in [-0.05, 0) is 36.5 Å². The van der Waals surface area contributed by atoms with Crippen LogP contribution in [-0.4, -0.2) is 15.9 Å². The average molecular weight is 371 g/mol. The van der Waals surface area contributed by atoms with Gasteiger partial charge in [0.15, 0.2) is 0 Å². The molecule has 1 aromatic carbocycles. The summed E-state index contributed by atoms with van der Waals surface area (Å²) in [4.78, 5) is 31.8. The Labute approximate surface area is 158 Å². The maximum absolute atomic E-state index is 13.3. The lowest BCUT2D eigenvalue weighted by atomic mass is 9.85. The molecule has 0 bridgehead atoms. The third-order valence-corrected chi connectivity index (χ3v) is 4.92. The molecule has 1 aromatic heterocycles. The monoisotopic (exact) mass is 371 g/mol. The van der Waals surface area contributed by atoms with Crippen molar-refractivity contribution in [1.82, 2.24) is 15.3 Å². The van der Waals surface area contributed by atoms with Crippen molar-refractivity contribution in [2.75, 3.05) is 0 Å². The average Bonchev–Trinajstić information content (AvgIpc) is 2.52. The van der Waals surface area contributed by atoms with Crippen LogP contribution in [0.5, 0.6) is 0 Å². The molecule has 3 rings (SSSR count). The third-order valence-electron chi connectivity index (χ3n) is 4.92. The summed E-state index contributed by atoms with van der Waals surface area (Å²) in [5.41, 5.74) is 1.26. The van der Waals surface area contributed by atoms with Crippen LogP contribution in [-0.2, 0) is 11.2 Å². The molecule has 5 nitrogen and oxygen atoms in total. The second-order valence-electron chi connectivity index (χ2n) is 7.72. The summed E-state index contributed by atoms with van der Waals surface area (Å²) in [6.07, 6.45) is 4.03. The summed E-state index contributed by atoms with van der Waals surface area (Å²) in [7, 11) is 0. The van der Waals surface area contributed by atoms with E-state index in [-0.39, 0.29) is 29.2 Å². The summed E-state index contributed by atoms with van der Waals surface area (Å²) in [5, 5.41) is 3.02. The fourth-order valence-corrected chi connectivity index (χ4v) is 3.29. The van der Waals surface area contributed by atoms with E-state index in [1.165, 1.54) is 18.2 Å². The van der Waals surface area contributed by atoms with E-state index >= 15 is 0 Å². The van der Waals surface area contributed by atoms with Crippen LogP contribution in [0.4, 0.5) is 4.39 Å². The van der Waals surface area contributed by atoms with Crippen LogP contribution in [0.3, 0.4) is 0 Å². The van der Waals surface area contributed by atoms with Gasteiger partial charge in [0.2, 0.25) is 5.91 Å². The van der Waals surface area contributed by atoms with Gasteiger partial charge in [-0.3, -0.25) is 9.59 Å². The third kappa shape index (κ3) is 5.25. The Balaban J connectivity index is 1.84. The van der Waals surface area contributed by atoms with Gasteiger partial charge in [-0.2, -0.15) is 0 Å². The highest BCUT2D eigenvalue weighted by molar-refractivity contribution is 5.76. The van der Waals surface area contributed by atoms with Gasteiger partial charge >= 0.3 is 0 Å². The Morgan fingerprint density at radius 3 is 2.59 bits per heavy atom. The molecule has 0 unspecified atom stereocenters. The number of aromatic amines is 1. The largest absolute Gasteiger partial charge is 0.349 e. The Hall–Kier alpha value is -2.50. The van der Waals surface area contributed by atoms with Gasteiger partial charge < -0.3 is 10.3 Å². The standard InChI is InChI=1S/C21H26FN3O2/c1-13(2)10-19(26)24-18(14-6-8-16(22)9-7-14)11-17-12-20(27)25-21(23-17)15-4-3-5-15/h6-9,12-13,15,18H,3-5,10-11H2,1-2H3,(H,24,26)(H,23,25,27)/t18-/m1/s1. The van der Waals surface area contributed by atoms with Gasteiger partial charge in [0, 0.05) is 24.8 Å². The van der Waals surface area contributed by atoms with E-state index in [1.54, 1.807) is 12.1 Å². The zero-order valence-electron chi connectivity index (χ0n) is 15.8. The maximum Gasteiger partial charge on any atom is 0.251 e. The summed E-state index contributed by atoms with van der Waals surface area (Å²) in [6.45, 7) is 3.96. The molecule has 0 radical (unpaired) electrons. The number of nitrogens with zero attached hydrogens (tertiary/aromatic N) is 1. The molecule has 2 N–H and O–H groups in total. The highest BCUT2D eigenvalue weighted by Gasteiger charge is 2.23. The van der Waals surface area contributed by atoms with Crippen LogP contribution >= 0.6 is 0 Å². The number of halogens is 1. The van der Waals surface area contributed by atoms with Crippen LogP contribution in [0.2, 0.25) is 0 Å². The molecule has 0 spiro atoms. The first-order valence-corrected chi connectivity index (χ1v) is 9.55. The topological polar surface area (TPSA) is 74.8 Å². The van der Waals surface area contributed by atoms with Crippen LogP contribution in [0, 0.1) is 11.7 Å². The first-order chi connectivity index (χ1) is 12.9. The van der Waals surface area contributed by atoms with E-state index in [4.69, 9.17) is 0 Å². The summed E-state index contributed by atoms with van der Waals surface area (Å²) < 4.78 is 13.3. The molecule has 0 aliphatic heterocycles. The zero-order valence-corrected chi connectivity index (χ0v) is 15.8. The predicted molar refractivity (Wildman–Crippen MR) is 102 cm³/mol. The molecule has 144 valence electrons. The van der Waals surface area contributed by atoms with Crippen molar-refractivity contribution < 1.29 is 9.18 Å². The molecule has 1 atom stereocenters. The molecular formula is C21H26FN3O2. The number of benzene rings is 1. The summed E-state index contributed by atoms with van der Waals surface area (Å²) in [6, 6.07) is 7.20. The zero-order chi connectivity index (χ0) is 19.4. The minimum atomic E-state index is -0.361. The molecule has 6 heteroatoms. The van der Waals surface area contributed by atoms with Gasteiger partial charge in [-0.25, -0.2) is 9.37 Å². The van der Waals surface area contributed by atoms with Crippen LogP contribution in [0.1, 0.15) is 68.6 Å². The fraction of sp³-hybridized carbons (Fsp3) is 0.476. The predicted octanol–water partition coefficient (Wildman–Crippen LogP) is 3.62. The van der Waals surface area contributed by atoms with Crippen molar-refractivity contribution in [3.8, 4) is 0 Å². The Morgan fingerprint density at radius 2 is 2.00 bits per heavy atom. The van der Waals surface area contributed by atoms with Crippen molar-refractivity contribution in [2.24, 2.45) is 5.92 Å². The molecule has 27 heavy (non-hydrogen) atoms. The highest BCUT2D eigenvalue weighted by atomic mass is 19.1. The minimum Gasteiger partial charge on any atom is -0.349 e. The lowest BCUT2D eigenvalue weighted by molar-refractivity contribution is -0.122. The maximum atomic E-state index is 13.3. The number of aromatic nitrogens is 2. The fourth-order valence-electron chi connectivity index (χ4n) is 3.29. The number of carbonyl (C=O) groups is 1. The van der Waals surface area contributed by atoms with E-state index < -0.39 is 0 Å². The Morgan fingerprint density at radius 1 is 1.30 bits per heavy atom. The van der Waals surface area contributed by atoms with Gasteiger partial charge in [0.1, 0.15) is 11.6 Å². The Bertz CT molecular complexity index is 841. The lowest BCUT2D eigenvalue weighted by Crippen LogP contribution is -2.31. The van der Waals surface area contributed by atoms with Crippen LogP contribution in [0.15, 0.2) is 35.1 Å². The first-order valence-electron chi connectivity index (χ1n) is 9.55. The number of hydrogen-bond acceptors (Lipinski definition) is 3. The molecule has 0 saturated heterocycles. The smallest absolute Gasteiger partial charge is 0.251 e. The number of nitrogens with one attached hydrogen (secondary N) is 2. The van der Waals surface area contributed by atoms with Crippen LogP contribution in [0.25, 0.3) is 0 Å². The van der Waals surface area contributed by atoms with Crippen molar-refractivity contribution in [2.45, 2.75) is 57.9 Å². The lowest BCUT2D eigenvalue weighted by Gasteiger charge is -2.25. The van der Waals surface area contributed by atoms with Gasteiger partial charge in [0.05, 0.1) is 11.7 Å². The molecule has 1 amide bonds. The minimum absolute atomic E-state index is 0.0663. The number of rotatable bonds is 7. The molecule has 1 saturated carbocycles. The number of amides is 1. The molecule has 1 aliphatic carbocycles. The second-order valence-corrected chi connectivity index (χ2v) is 7.72. The van der Waals surface area contributed by atoms with Gasteiger partial charge in [-0.1, -0.05) is 32.4 Å². The summed E-state index contributed by atoms with van der Waals surface area (Å²) in [5.74, 6) is 0.894. The van der Waals surface area contributed by atoms with Crippen molar-refractivity contribution in [3.05, 3.63) is 63.6 Å². The highest BCUT2D eigenvalue weighted by Crippen LogP contribution is 2.34. The van der Waals surface area contributed by atoms with E-state index in [2.05, 4.69) is 15.3 Å². The molecule has 2 aromatic rings. The molecule has 1 heterocycles. The van der Waals surface area contributed by atoms with Gasteiger partial charge in [-0.15, -0.1) is 0 Å². The SMILES string of the molecule is CC(C)CC(=O)N[C@H](Cc1cc(=O)[nH]c(C2CCC2)n1)c1ccc(F)cc1. The first kappa shape index (κ1) is 19.3. The van der Waals surface area contributed by atoms with Crippen molar-refractivity contribution >= 4 is 5.91 Å². The van der Waals surface area contributed by atoms with E-state index in [1.807, 2.05) is 13.8 Å². The number of H-pyrrole nitrogens is 1.